The van der Waals surface area contributed by atoms with Gasteiger partial charge in [-0.2, -0.15) is 0 Å². The van der Waals surface area contributed by atoms with E-state index >= 15 is 0 Å². The molecule has 0 heterocycles. The highest BCUT2D eigenvalue weighted by atomic mass is 32.2. The lowest BCUT2D eigenvalue weighted by Crippen LogP contribution is -2.40. The second-order valence-corrected chi connectivity index (χ2v) is 6.52. The molecule has 0 saturated heterocycles. The third-order valence-electron chi connectivity index (χ3n) is 3.01. The molecule has 0 spiro atoms. The Bertz CT molecular complexity index is 729. The van der Waals surface area contributed by atoms with E-state index in [9.17, 15) is 13.6 Å². The molecule has 0 fully saturated rings. The molecule has 8 heteroatoms. The maximum atomic E-state index is 13.1. The van der Waals surface area contributed by atoms with Crippen LogP contribution >= 0.6 is 24.0 Å². The highest BCUT2D eigenvalue weighted by Gasteiger charge is 2.06. The molecule has 2 aromatic carbocycles. The Hall–Kier alpha value is -2.19. The number of benzene rings is 2. The van der Waals surface area contributed by atoms with Gasteiger partial charge in [0.1, 0.15) is 0 Å². The van der Waals surface area contributed by atoms with Gasteiger partial charge in [0.05, 0.1) is 6.54 Å². The second-order valence-electron chi connectivity index (χ2n) is 4.95. The predicted molar refractivity (Wildman–Crippen MR) is 101 cm³/mol. The number of thioether (sulfide) groups is 1. The molecule has 0 aliphatic rings. The third kappa shape index (κ3) is 7.06. The van der Waals surface area contributed by atoms with Gasteiger partial charge >= 0.3 is 0 Å². The number of carbonyl (C=O) groups is 1. The summed E-state index contributed by atoms with van der Waals surface area (Å²) in [5.41, 5.74) is 0.184. The number of amides is 1. The van der Waals surface area contributed by atoms with Crippen LogP contribution in [0.1, 0.15) is 0 Å². The zero-order valence-corrected chi connectivity index (χ0v) is 14.9. The van der Waals surface area contributed by atoms with Crippen molar-refractivity contribution in [2.75, 3.05) is 24.2 Å². The summed E-state index contributed by atoms with van der Waals surface area (Å²) in [6, 6.07) is 13.1. The van der Waals surface area contributed by atoms with Crippen molar-refractivity contribution in [1.82, 2.24) is 10.6 Å². The molecular weight excluding hydrogens is 364 g/mol. The number of anilines is 1. The fraction of sp³-hybridized carbons (Fsp3) is 0.176. The van der Waals surface area contributed by atoms with E-state index in [1.54, 1.807) is 11.8 Å². The maximum absolute atomic E-state index is 13.1. The average Bonchev–Trinajstić information content (AvgIpc) is 2.61. The van der Waals surface area contributed by atoms with E-state index in [4.69, 9.17) is 12.2 Å². The first-order valence-corrected chi connectivity index (χ1v) is 8.88. The number of thiocarbonyl (C=S) groups is 1. The van der Waals surface area contributed by atoms with Gasteiger partial charge < -0.3 is 16.0 Å². The quantitative estimate of drug-likeness (QED) is 0.391. The summed E-state index contributed by atoms with van der Waals surface area (Å²) in [5.74, 6) is -1.56. The molecule has 0 aromatic heterocycles. The van der Waals surface area contributed by atoms with Crippen LogP contribution < -0.4 is 16.0 Å². The molecule has 1 amide bonds. The van der Waals surface area contributed by atoms with E-state index in [-0.39, 0.29) is 12.2 Å². The Kier molecular flexibility index (Phi) is 7.62. The van der Waals surface area contributed by atoms with Gasteiger partial charge in [0.25, 0.3) is 0 Å². The van der Waals surface area contributed by atoms with E-state index < -0.39 is 17.5 Å². The molecule has 3 N–H and O–H groups in total. The van der Waals surface area contributed by atoms with Crippen molar-refractivity contribution in [2.24, 2.45) is 0 Å². The van der Waals surface area contributed by atoms with E-state index in [0.29, 0.717) is 11.7 Å². The van der Waals surface area contributed by atoms with Gasteiger partial charge in [0.15, 0.2) is 16.7 Å². The number of hydrogen-bond donors (Lipinski definition) is 3. The Labute approximate surface area is 154 Å². The lowest BCUT2D eigenvalue weighted by Gasteiger charge is -2.11. The first kappa shape index (κ1) is 19.1. The van der Waals surface area contributed by atoms with Crippen LogP contribution in [0.3, 0.4) is 0 Å². The number of nitrogens with one attached hydrogen (secondary N) is 3. The Morgan fingerprint density at radius 2 is 1.80 bits per heavy atom. The SMILES string of the molecule is O=C(CNC(=S)NCCSc1ccccc1)Nc1ccc(F)c(F)c1. The number of rotatable bonds is 7. The minimum absolute atomic E-state index is 0.0728. The fourth-order valence-electron chi connectivity index (χ4n) is 1.85. The normalized spacial score (nSPS) is 10.2. The van der Waals surface area contributed by atoms with Gasteiger partial charge in [-0.15, -0.1) is 11.8 Å². The summed E-state index contributed by atoms with van der Waals surface area (Å²) in [4.78, 5) is 12.9. The highest BCUT2D eigenvalue weighted by molar-refractivity contribution is 7.99. The first-order chi connectivity index (χ1) is 12.0. The van der Waals surface area contributed by atoms with E-state index in [2.05, 4.69) is 16.0 Å². The molecule has 2 rings (SSSR count). The molecule has 0 radical (unpaired) electrons. The molecule has 0 bridgehead atoms. The number of carbonyl (C=O) groups excluding carboxylic acids is 1. The molecule has 2 aromatic rings. The van der Waals surface area contributed by atoms with Crippen LogP contribution in [0, 0.1) is 11.6 Å². The van der Waals surface area contributed by atoms with Gasteiger partial charge in [0, 0.05) is 28.9 Å². The minimum atomic E-state index is -1.01. The lowest BCUT2D eigenvalue weighted by molar-refractivity contribution is -0.115. The number of hydrogen-bond acceptors (Lipinski definition) is 3. The maximum Gasteiger partial charge on any atom is 0.243 e. The van der Waals surface area contributed by atoms with Crippen LogP contribution in [-0.4, -0.2) is 29.9 Å². The molecule has 0 saturated carbocycles. The summed E-state index contributed by atoms with van der Waals surface area (Å²) >= 11 is 6.78. The lowest BCUT2D eigenvalue weighted by atomic mass is 10.3. The van der Waals surface area contributed by atoms with Crippen LogP contribution in [0.15, 0.2) is 53.4 Å². The number of halogens is 2. The smallest absolute Gasteiger partial charge is 0.243 e. The molecular formula is C17H17F2N3OS2. The van der Waals surface area contributed by atoms with Crippen LogP contribution in [0.5, 0.6) is 0 Å². The largest absolute Gasteiger partial charge is 0.362 e. The van der Waals surface area contributed by atoms with Gasteiger partial charge in [-0.05, 0) is 36.5 Å². The Balaban J connectivity index is 1.62. The standard InChI is InChI=1S/C17H17F2N3OS2/c18-14-7-6-12(10-15(14)19)22-16(23)11-21-17(24)20-8-9-25-13-4-2-1-3-5-13/h1-7,10H,8-9,11H2,(H,22,23)(H2,20,21,24). The highest BCUT2D eigenvalue weighted by Crippen LogP contribution is 2.15. The van der Waals surface area contributed by atoms with Crippen LogP contribution in [0.2, 0.25) is 0 Å². The second kappa shape index (κ2) is 9.95. The first-order valence-electron chi connectivity index (χ1n) is 7.49. The zero-order valence-electron chi connectivity index (χ0n) is 13.2. The monoisotopic (exact) mass is 381 g/mol. The Morgan fingerprint density at radius 3 is 2.52 bits per heavy atom. The third-order valence-corrected chi connectivity index (χ3v) is 4.31. The van der Waals surface area contributed by atoms with Crippen molar-refractivity contribution in [2.45, 2.75) is 4.90 Å². The van der Waals surface area contributed by atoms with Gasteiger partial charge in [-0.1, -0.05) is 18.2 Å². The van der Waals surface area contributed by atoms with E-state index in [1.165, 1.54) is 11.0 Å². The van der Waals surface area contributed by atoms with E-state index in [1.807, 2.05) is 30.3 Å². The molecule has 132 valence electrons. The average molecular weight is 381 g/mol. The predicted octanol–water partition coefficient (Wildman–Crippen LogP) is 3.16. The van der Waals surface area contributed by atoms with Crippen molar-refractivity contribution < 1.29 is 13.6 Å². The zero-order chi connectivity index (χ0) is 18.1. The molecule has 4 nitrogen and oxygen atoms in total. The summed E-state index contributed by atoms with van der Waals surface area (Å²) in [7, 11) is 0. The topological polar surface area (TPSA) is 53.2 Å². The van der Waals surface area contributed by atoms with E-state index in [0.717, 1.165) is 17.9 Å². The van der Waals surface area contributed by atoms with Crippen molar-refractivity contribution in [1.29, 1.82) is 0 Å². The van der Waals surface area contributed by atoms with Crippen LogP contribution in [0.25, 0.3) is 0 Å². The van der Waals surface area contributed by atoms with Crippen molar-refractivity contribution in [3.8, 4) is 0 Å². The van der Waals surface area contributed by atoms with Crippen LogP contribution in [-0.2, 0) is 4.79 Å². The minimum Gasteiger partial charge on any atom is -0.362 e. The molecule has 0 unspecified atom stereocenters. The van der Waals surface area contributed by atoms with Crippen molar-refractivity contribution >= 4 is 40.7 Å². The molecule has 0 aliphatic heterocycles. The summed E-state index contributed by atoms with van der Waals surface area (Å²) in [6.07, 6.45) is 0. The Morgan fingerprint density at radius 1 is 1.04 bits per heavy atom. The summed E-state index contributed by atoms with van der Waals surface area (Å²) < 4.78 is 25.9. The van der Waals surface area contributed by atoms with Crippen molar-refractivity contribution in [3.63, 3.8) is 0 Å². The summed E-state index contributed by atoms with van der Waals surface area (Å²) in [5, 5.41) is 8.57. The summed E-state index contributed by atoms with van der Waals surface area (Å²) in [6.45, 7) is 0.576. The molecule has 0 aliphatic carbocycles. The van der Waals surface area contributed by atoms with Gasteiger partial charge in [-0.3, -0.25) is 4.79 Å². The van der Waals surface area contributed by atoms with Crippen LogP contribution in [0.4, 0.5) is 14.5 Å². The van der Waals surface area contributed by atoms with Gasteiger partial charge in [-0.25, -0.2) is 8.78 Å². The fourth-order valence-corrected chi connectivity index (χ4v) is 2.82. The molecule has 0 atom stereocenters. The molecule has 25 heavy (non-hydrogen) atoms. The van der Waals surface area contributed by atoms with Crippen molar-refractivity contribution in [3.05, 3.63) is 60.2 Å². The van der Waals surface area contributed by atoms with Gasteiger partial charge in [0.2, 0.25) is 5.91 Å².